The van der Waals surface area contributed by atoms with E-state index in [1.807, 2.05) is 26.2 Å². The molecule has 2 rings (SSSR count). The first-order chi connectivity index (χ1) is 15.4. The minimum atomic E-state index is -0.800. The fourth-order valence-electron chi connectivity index (χ4n) is 3.02. The first kappa shape index (κ1) is 26.2. The molecule has 1 aromatic heterocycles. The van der Waals surface area contributed by atoms with Crippen LogP contribution in [0, 0.1) is 16.0 Å². The summed E-state index contributed by atoms with van der Waals surface area (Å²) in [7, 11) is 0. The van der Waals surface area contributed by atoms with Crippen molar-refractivity contribution in [2.75, 3.05) is 11.4 Å². The molecule has 2 amide bonds. The van der Waals surface area contributed by atoms with Crippen molar-refractivity contribution in [1.29, 1.82) is 0 Å². The normalized spacial score (nSPS) is 12.3. The highest BCUT2D eigenvalue weighted by Gasteiger charge is 2.32. The molecule has 0 aliphatic carbocycles. The predicted molar refractivity (Wildman–Crippen MR) is 129 cm³/mol. The van der Waals surface area contributed by atoms with Crippen LogP contribution in [0.25, 0.3) is 0 Å². The van der Waals surface area contributed by atoms with Gasteiger partial charge in [0.25, 0.3) is 11.6 Å². The molecular formula is C23H32N4O5S. The Morgan fingerprint density at radius 2 is 1.88 bits per heavy atom. The molecule has 0 unspecified atom stereocenters. The molecule has 0 aliphatic rings. The minimum absolute atomic E-state index is 0.0145. The van der Waals surface area contributed by atoms with Crippen LogP contribution in [0.4, 0.5) is 15.6 Å². The van der Waals surface area contributed by atoms with E-state index < -0.39 is 22.7 Å². The highest BCUT2D eigenvalue weighted by molar-refractivity contribution is 7.14. The molecule has 1 aromatic carbocycles. The molecule has 1 atom stereocenters. The quantitative estimate of drug-likeness (QED) is 0.413. The maximum absolute atomic E-state index is 13.6. The van der Waals surface area contributed by atoms with Crippen molar-refractivity contribution in [3.63, 3.8) is 0 Å². The fourth-order valence-corrected chi connectivity index (χ4v) is 3.96. The molecular weight excluding hydrogens is 444 g/mol. The number of hydrogen-bond acceptors (Lipinski definition) is 7. The average molecular weight is 477 g/mol. The highest BCUT2D eigenvalue weighted by atomic mass is 32.1. The van der Waals surface area contributed by atoms with Crippen LogP contribution in [-0.2, 0) is 22.4 Å². The van der Waals surface area contributed by atoms with Gasteiger partial charge in [0.05, 0.1) is 10.6 Å². The molecule has 180 valence electrons. The van der Waals surface area contributed by atoms with E-state index in [0.717, 1.165) is 17.7 Å². The van der Waals surface area contributed by atoms with Gasteiger partial charge < -0.3 is 10.1 Å². The number of hydrogen-bond donors (Lipinski definition) is 1. The van der Waals surface area contributed by atoms with Crippen molar-refractivity contribution in [2.24, 2.45) is 5.92 Å². The molecule has 0 aliphatic heterocycles. The number of aromatic nitrogens is 1. The number of nitro groups is 1. The molecule has 9 nitrogen and oxygen atoms in total. The summed E-state index contributed by atoms with van der Waals surface area (Å²) in [6.07, 6.45) is 0.561. The molecule has 1 N–H and O–H groups in total. The van der Waals surface area contributed by atoms with E-state index in [0.29, 0.717) is 18.1 Å². The third kappa shape index (κ3) is 7.81. The molecule has 0 bridgehead atoms. The van der Waals surface area contributed by atoms with Gasteiger partial charge in [-0.05, 0) is 45.1 Å². The van der Waals surface area contributed by atoms with E-state index >= 15 is 0 Å². The van der Waals surface area contributed by atoms with Crippen molar-refractivity contribution in [1.82, 2.24) is 10.3 Å². The first-order valence-electron chi connectivity index (χ1n) is 10.9. The molecule has 0 fully saturated rings. The standard InChI is InChI=1S/C23H32N4O5S/c1-7-17-14-33-21(24-17)26(13-12-16-8-10-18(11-9-16)27(30)31)20(28)19(15(2)3)25-22(29)32-23(4,5)6/h8-11,14-15,19H,7,12-13H2,1-6H3,(H,25,29)/t19-/m0/s1. The van der Waals surface area contributed by atoms with Gasteiger partial charge in [-0.2, -0.15) is 0 Å². The summed E-state index contributed by atoms with van der Waals surface area (Å²) >= 11 is 1.37. The summed E-state index contributed by atoms with van der Waals surface area (Å²) in [5.74, 6) is -0.465. The molecule has 33 heavy (non-hydrogen) atoms. The Kier molecular flexibility index (Phi) is 8.92. The first-order valence-corrected chi connectivity index (χ1v) is 11.8. The largest absolute Gasteiger partial charge is 0.444 e. The van der Waals surface area contributed by atoms with Gasteiger partial charge in [-0.25, -0.2) is 9.78 Å². The number of thiazole rings is 1. The lowest BCUT2D eigenvalue weighted by Gasteiger charge is -2.29. The van der Waals surface area contributed by atoms with E-state index in [-0.39, 0.29) is 17.5 Å². The summed E-state index contributed by atoms with van der Waals surface area (Å²) in [5.41, 5.74) is 1.06. The van der Waals surface area contributed by atoms with E-state index in [4.69, 9.17) is 4.74 Å². The van der Waals surface area contributed by atoms with Gasteiger partial charge in [-0.3, -0.25) is 19.8 Å². The number of benzene rings is 1. The number of nitrogens with one attached hydrogen (secondary N) is 1. The summed E-state index contributed by atoms with van der Waals surface area (Å²) in [5, 5.41) is 16.1. The van der Waals surface area contributed by atoms with Crippen LogP contribution >= 0.6 is 11.3 Å². The van der Waals surface area contributed by atoms with Crippen LogP contribution < -0.4 is 10.2 Å². The van der Waals surface area contributed by atoms with Crippen molar-refractivity contribution < 1.29 is 19.2 Å². The van der Waals surface area contributed by atoms with Gasteiger partial charge >= 0.3 is 6.09 Å². The van der Waals surface area contributed by atoms with E-state index in [1.165, 1.54) is 23.5 Å². The number of anilines is 1. The van der Waals surface area contributed by atoms with Crippen LogP contribution in [0.15, 0.2) is 29.6 Å². The number of nitro benzene ring substituents is 1. The van der Waals surface area contributed by atoms with Gasteiger partial charge in [-0.1, -0.05) is 32.9 Å². The maximum atomic E-state index is 13.6. The predicted octanol–water partition coefficient (Wildman–Crippen LogP) is 4.74. The smallest absolute Gasteiger partial charge is 0.408 e. The number of aryl methyl sites for hydroxylation is 1. The summed E-state index contributed by atoms with van der Waals surface area (Å²) < 4.78 is 5.35. The number of alkyl carbamates (subject to hydrolysis) is 1. The summed E-state index contributed by atoms with van der Waals surface area (Å²) in [6, 6.07) is 5.45. The highest BCUT2D eigenvalue weighted by Crippen LogP contribution is 2.24. The zero-order valence-electron chi connectivity index (χ0n) is 20.0. The number of amides is 2. The monoisotopic (exact) mass is 476 g/mol. The van der Waals surface area contributed by atoms with Gasteiger partial charge in [0.1, 0.15) is 11.6 Å². The van der Waals surface area contributed by atoms with Crippen LogP contribution in [0.5, 0.6) is 0 Å². The molecule has 0 spiro atoms. The van der Waals surface area contributed by atoms with E-state index in [1.54, 1.807) is 37.8 Å². The van der Waals surface area contributed by atoms with Crippen molar-refractivity contribution in [3.05, 3.63) is 51.0 Å². The number of nitrogens with zero attached hydrogens (tertiary/aromatic N) is 3. The minimum Gasteiger partial charge on any atom is -0.444 e. The number of carbonyl (C=O) groups is 2. The summed E-state index contributed by atoms with van der Waals surface area (Å²) in [6.45, 7) is 11.3. The Morgan fingerprint density at radius 1 is 1.24 bits per heavy atom. The Morgan fingerprint density at radius 3 is 2.36 bits per heavy atom. The number of rotatable bonds is 9. The molecule has 0 saturated carbocycles. The van der Waals surface area contributed by atoms with Crippen LogP contribution in [0.2, 0.25) is 0 Å². The lowest BCUT2D eigenvalue weighted by atomic mass is 10.0. The van der Waals surface area contributed by atoms with Crippen LogP contribution in [0.3, 0.4) is 0 Å². The molecule has 0 radical (unpaired) electrons. The third-order valence-corrected chi connectivity index (χ3v) is 5.69. The van der Waals surface area contributed by atoms with E-state index in [9.17, 15) is 19.7 Å². The second-order valence-corrected chi connectivity index (χ2v) is 9.84. The van der Waals surface area contributed by atoms with Crippen LogP contribution in [0.1, 0.15) is 52.8 Å². The van der Waals surface area contributed by atoms with Gasteiger partial charge in [0.2, 0.25) is 0 Å². The Labute approximate surface area is 198 Å². The second kappa shape index (κ2) is 11.2. The molecule has 0 saturated heterocycles. The van der Waals surface area contributed by atoms with Gasteiger partial charge in [0.15, 0.2) is 5.13 Å². The SMILES string of the molecule is CCc1csc(N(CCc2ccc([N+](=O)[O-])cc2)C(=O)[C@@H](NC(=O)OC(C)(C)C)C(C)C)n1. The lowest BCUT2D eigenvalue weighted by molar-refractivity contribution is -0.384. The Hall–Kier alpha value is -3.01. The Bertz CT molecular complexity index is 966. The topological polar surface area (TPSA) is 115 Å². The zero-order valence-corrected chi connectivity index (χ0v) is 20.8. The van der Waals surface area contributed by atoms with E-state index in [2.05, 4.69) is 10.3 Å². The second-order valence-electron chi connectivity index (χ2n) is 9.01. The number of carbonyl (C=O) groups excluding carboxylic acids is 2. The summed E-state index contributed by atoms with van der Waals surface area (Å²) in [4.78, 5) is 42.6. The molecule has 10 heteroatoms. The molecule has 2 aromatic rings. The fraction of sp³-hybridized carbons (Fsp3) is 0.522. The van der Waals surface area contributed by atoms with Crippen molar-refractivity contribution in [3.8, 4) is 0 Å². The van der Waals surface area contributed by atoms with Crippen molar-refractivity contribution in [2.45, 2.75) is 66.0 Å². The van der Waals surface area contributed by atoms with Gasteiger partial charge in [0, 0.05) is 24.1 Å². The lowest BCUT2D eigenvalue weighted by Crippen LogP contribution is -2.52. The van der Waals surface area contributed by atoms with Crippen molar-refractivity contribution >= 4 is 34.2 Å². The van der Waals surface area contributed by atoms with Crippen LogP contribution in [-0.4, -0.2) is 40.1 Å². The maximum Gasteiger partial charge on any atom is 0.408 e. The molecule has 1 heterocycles. The number of non-ortho nitro benzene ring substituents is 1. The number of ether oxygens (including phenoxy) is 1. The third-order valence-electron chi connectivity index (χ3n) is 4.77. The Balaban J connectivity index is 2.26. The van der Waals surface area contributed by atoms with Gasteiger partial charge in [-0.15, -0.1) is 11.3 Å². The zero-order chi connectivity index (χ0) is 24.8. The average Bonchev–Trinajstić information content (AvgIpc) is 3.19.